The molecular formula is C9H11N3OS. The Kier molecular flexibility index (Phi) is 4.51. The summed E-state index contributed by atoms with van der Waals surface area (Å²) in [5.74, 6) is 4.40. The second-order valence-electron chi connectivity index (χ2n) is 2.53. The van der Waals surface area contributed by atoms with Crippen LogP contribution in [0, 0.1) is 11.8 Å². The molecule has 3 N–H and O–H groups in total. The summed E-state index contributed by atoms with van der Waals surface area (Å²) in [6, 6.07) is 0. The van der Waals surface area contributed by atoms with E-state index in [1.54, 1.807) is 17.5 Å². The number of primary amides is 1. The maximum atomic E-state index is 10.2. The Balaban J connectivity index is 2.06. The molecule has 0 radical (unpaired) electrons. The van der Waals surface area contributed by atoms with Crippen LogP contribution in [0.1, 0.15) is 12.8 Å². The molecule has 0 fully saturated rings. The minimum absolute atomic E-state index is 0.571. The molecule has 1 aromatic rings. The molecule has 74 valence electrons. The molecule has 0 unspecified atom stereocenters. The van der Waals surface area contributed by atoms with Crippen molar-refractivity contribution in [2.75, 3.05) is 11.9 Å². The number of thiazole rings is 1. The zero-order valence-electron chi connectivity index (χ0n) is 7.62. The molecule has 0 aliphatic rings. The quantitative estimate of drug-likeness (QED) is 0.570. The van der Waals surface area contributed by atoms with Gasteiger partial charge in [0, 0.05) is 24.5 Å². The summed E-state index contributed by atoms with van der Waals surface area (Å²) in [4.78, 5) is 14.3. The molecule has 14 heavy (non-hydrogen) atoms. The highest BCUT2D eigenvalue weighted by Gasteiger charge is 1.91. The van der Waals surface area contributed by atoms with Crippen LogP contribution in [0.4, 0.5) is 5.13 Å². The molecule has 1 aromatic heterocycles. The number of amides is 1. The molecule has 0 spiro atoms. The van der Waals surface area contributed by atoms with Crippen LogP contribution in [0.3, 0.4) is 0 Å². The number of carbonyl (C=O) groups is 1. The number of hydrogen-bond acceptors (Lipinski definition) is 4. The summed E-state index contributed by atoms with van der Waals surface area (Å²) in [7, 11) is 0. The molecule has 1 heterocycles. The molecule has 0 saturated heterocycles. The van der Waals surface area contributed by atoms with Crippen LogP contribution in [-0.4, -0.2) is 17.4 Å². The minimum Gasteiger partial charge on any atom is -0.361 e. The molecule has 0 aromatic carbocycles. The zero-order chi connectivity index (χ0) is 10.2. The fraction of sp³-hybridized carbons (Fsp3) is 0.333. The van der Waals surface area contributed by atoms with E-state index in [0.29, 0.717) is 6.42 Å². The van der Waals surface area contributed by atoms with E-state index in [4.69, 9.17) is 5.73 Å². The van der Waals surface area contributed by atoms with E-state index in [0.717, 1.165) is 18.1 Å². The average Bonchev–Trinajstić information content (AvgIpc) is 2.63. The Hall–Kier alpha value is -1.54. The fourth-order valence-electron chi connectivity index (χ4n) is 0.832. The molecule has 0 bridgehead atoms. The van der Waals surface area contributed by atoms with Crippen LogP contribution in [0.15, 0.2) is 11.6 Å². The van der Waals surface area contributed by atoms with Gasteiger partial charge in [0.15, 0.2) is 5.13 Å². The third-order valence-corrected chi connectivity index (χ3v) is 2.13. The van der Waals surface area contributed by atoms with E-state index in [2.05, 4.69) is 22.1 Å². The Morgan fingerprint density at radius 2 is 2.57 bits per heavy atom. The molecule has 0 aliphatic carbocycles. The van der Waals surface area contributed by atoms with Gasteiger partial charge in [-0.25, -0.2) is 4.98 Å². The van der Waals surface area contributed by atoms with Crippen LogP contribution in [0.25, 0.3) is 0 Å². The topological polar surface area (TPSA) is 68.0 Å². The number of rotatable bonds is 4. The summed E-state index contributed by atoms with van der Waals surface area (Å²) in [5, 5.41) is 5.96. The number of anilines is 1. The SMILES string of the molecule is NC(=O)C#CCCCNc1nccs1. The molecule has 0 saturated carbocycles. The maximum absolute atomic E-state index is 10.2. The van der Waals surface area contributed by atoms with Gasteiger partial charge in [-0.2, -0.15) is 0 Å². The van der Waals surface area contributed by atoms with Gasteiger partial charge in [-0.1, -0.05) is 5.92 Å². The number of aromatic nitrogens is 1. The first-order valence-corrected chi connectivity index (χ1v) is 5.08. The van der Waals surface area contributed by atoms with Crippen LogP contribution < -0.4 is 11.1 Å². The molecular weight excluding hydrogens is 198 g/mol. The van der Waals surface area contributed by atoms with Crippen molar-refractivity contribution >= 4 is 22.4 Å². The van der Waals surface area contributed by atoms with Crippen LogP contribution >= 0.6 is 11.3 Å². The number of nitrogens with zero attached hydrogens (tertiary/aromatic N) is 1. The van der Waals surface area contributed by atoms with Crippen molar-refractivity contribution in [3.63, 3.8) is 0 Å². The largest absolute Gasteiger partial charge is 0.361 e. The van der Waals surface area contributed by atoms with Crippen LogP contribution in [-0.2, 0) is 4.79 Å². The number of nitrogens with two attached hydrogens (primary N) is 1. The molecule has 0 aliphatic heterocycles. The lowest BCUT2D eigenvalue weighted by Crippen LogP contribution is -2.06. The molecule has 4 nitrogen and oxygen atoms in total. The average molecular weight is 209 g/mol. The first-order chi connectivity index (χ1) is 6.79. The highest BCUT2D eigenvalue weighted by molar-refractivity contribution is 7.13. The van der Waals surface area contributed by atoms with Gasteiger partial charge in [0.2, 0.25) is 0 Å². The lowest BCUT2D eigenvalue weighted by atomic mass is 10.3. The number of hydrogen-bond donors (Lipinski definition) is 2. The number of carbonyl (C=O) groups excluding carboxylic acids is 1. The van der Waals surface area contributed by atoms with Gasteiger partial charge in [-0.3, -0.25) is 4.79 Å². The van der Waals surface area contributed by atoms with Crippen molar-refractivity contribution in [1.29, 1.82) is 0 Å². The smallest absolute Gasteiger partial charge is 0.293 e. The predicted octanol–water partition coefficient (Wildman–Crippen LogP) is 0.824. The summed E-state index contributed by atoms with van der Waals surface area (Å²) >= 11 is 1.56. The number of nitrogens with one attached hydrogen (secondary N) is 1. The Bertz CT molecular complexity index is 337. The predicted molar refractivity (Wildman–Crippen MR) is 56.8 cm³/mol. The van der Waals surface area contributed by atoms with Crippen molar-refractivity contribution < 1.29 is 4.79 Å². The third kappa shape index (κ3) is 4.48. The van der Waals surface area contributed by atoms with E-state index >= 15 is 0 Å². The Morgan fingerprint density at radius 3 is 3.21 bits per heavy atom. The van der Waals surface area contributed by atoms with Crippen molar-refractivity contribution in [2.24, 2.45) is 5.73 Å². The first kappa shape index (κ1) is 10.5. The van der Waals surface area contributed by atoms with Crippen LogP contribution in [0.2, 0.25) is 0 Å². The second-order valence-corrected chi connectivity index (χ2v) is 3.43. The highest BCUT2D eigenvalue weighted by Crippen LogP contribution is 2.09. The minimum atomic E-state index is -0.571. The van der Waals surface area contributed by atoms with E-state index in [-0.39, 0.29) is 0 Å². The first-order valence-electron chi connectivity index (χ1n) is 4.20. The normalized spacial score (nSPS) is 8.86. The van der Waals surface area contributed by atoms with E-state index < -0.39 is 5.91 Å². The summed E-state index contributed by atoms with van der Waals surface area (Å²) < 4.78 is 0. The van der Waals surface area contributed by atoms with E-state index in [1.165, 1.54) is 0 Å². The van der Waals surface area contributed by atoms with Crippen molar-refractivity contribution in [3.05, 3.63) is 11.6 Å². The zero-order valence-corrected chi connectivity index (χ0v) is 8.43. The third-order valence-electron chi connectivity index (χ3n) is 1.40. The van der Waals surface area contributed by atoms with Crippen molar-refractivity contribution in [3.8, 4) is 11.8 Å². The maximum Gasteiger partial charge on any atom is 0.293 e. The lowest BCUT2D eigenvalue weighted by molar-refractivity contribution is -0.112. The summed E-state index contributed by atoms with van der Waals surface area (Å²) in [6.45, 7) is 0.807. The van der Waals surface area contributed by atoms with Gasteiger partial charge in [0.1, 0.15) is 0 Å². The van der Waals surface area contributed by atoms with Gasteiger partial charge in [0.05, 0.1) is 0 Å². The Labute approximate surface area is 86.5 Å². The number of unbranched alkanes of at least 4 members (excludes halogenated alkanes) is 1. The lowest BCUT2D eigenvalue weighted by Gasteiger charge is -1.98. The van der Waals surface area contributed by atoms with Crippen molar-refractivity contribution in [2.45, 2.75) is 12.8 Å². The Morgan fingerprint density at radius 1 is 1.71 bits per heavy atom. The fourth-order valence-corrected chi connectivity index (χ4v) is 1.39. The highest BCUT2D eigenvalue weighted by atomic mass is 32.1. The van der Waals surface area contributed by atoms with Gasteiger partial charge in [0.25, 0.3) is 5.91 Å². The van der Waals surface area contributed by atoms with Gasteiger partial charge < -0.3 is 11.1 Å². The van der Waals surface area contributed by atoms with Crippen molar-refractivity contribution in [1.82, 2.24) is 4.98 Å². The summed E-state index contributed by atoms with van der Waals surface area (Å²) in [6.07, 6.45) is 3.29. The second kappa shape index (κ2) is 6.00. The molecule has 1 rings (SSSR count). The van der Waals surface area contributed by atoms with Gasteiger partial charge >= 0.3 is 0 Å². The summed E-state index contributed by atoms with van der Waals surface area (Å²) in [5.41, 5.74) is 4.85. The molecule has 0 atom stereocenters. The molecule has 5 heteroatoms. The van der Waals surface area contributed by atoms with Gasteiger partial charge in [-0.15, -0.1) is 11.3 Å². The van der Waals surface area contributed by atoms with E-state index in [9.17, 15) is 4.79 Å². The van der Waals surface area contributed by atoms with Gasteiger partial charge in [-0.05, 0) is 12.3 Å². The van der Waals surface area contributed by atoms with Crippen LogP contribution in [0.5, 0.6) is 0 Å². The standard InChI is InChI=1S/C9H11N3OS/c10-8(13)4-2-1-3-5-11-9-12-6-7-14-9/h6-7H,1,3,5H2,(H2,10,13)(H,11,12). The van der Waals surface area contributed by atoms with E-state index in [1.807, 2.05) is 5.38 Å². The molecule has 1 amide bonds. The monoisotopic (exact) mass is 209 g/mol.